The van der Waals surface area contributed by atoms with E-state index in [1.165, 1.54) is 0 Å². The van der Waals surface area contributed by atoms with E-state index in [1.807, 2.05) is 6.07 Å². The molecule has 5 heteroatoms. The Hall–Kier alpha value is -0.600. The molecule has 0 saturated carbocycles. The van der Waals surface area contributed by atoms with E-state index in [-0.39, 0.29) is 12.5 Å². The summed E-state index contributed by atoms with van der Waals surface area (Å²) in [7, 11) is -3.20. The third-order valence-electron chi connectivity index (χ3n) is 1.43. The Bertz CT molecular complexity index is 264. The molecular formula is C7H14N2O2S. The summed E-state index contributed by atoms with van der Waals surface area (Å²) in [5.41, 5.74) is 0. The fraction of sp³-hybridized carbons (Fsp3) is 0.857. The molecule has 12 heavy (non-hydrogen) atoms. The lowest BCUT2D eigenvalue weighted by Gasteiger charge is -2.09. The predicted molar refractivity (Wildman–Crippen MR) is 46.8 cm³/mol. The Labute approximate surface area is 73.6 Å². The predicted octanol–water partition coefficient (Wildman–Crippen LogP) is 0.474. The van der Waals surface area contributed by atoms with Gasteiger partial charge in [0.25, 0.3) is 0 Å². The minimum absolute atomic E-state index is 0.191. The first-order chi connectivity index (χ1) is 5.40. The normalized spacial score (nSPS) is 14.2. The molecule has 1 unspecified atom stereocenters. The Balaban J connectivity index is 4.05. The Morgan fingerprint density at radius 3 is 2.25 bits per heavy atom. The Kier molecular flexibility index (Phi) is 4.21. The Morgan fingerprint density at radius 2 is 1.92 bits per heavy atom. The molecule has 0 saturated heterocycles. The molecule has 4 nitrogen and oxygen atoms in total. The van der Waals surface area contributed by atoms with Gasteiger partial charge in [-0.1, -0.05) is 0 Å². The van der Waals surface area contributed by atoms with Crippen molar-refractivity contribution in [3.63, 3.8) is 0 Å². The van der Waals surface area contributed by atoms with E-state index in [2.05, 4.69) is 4.72 Å². The van der Waals surface area contributed by atoms with Gasteiger partial charge in [0.2, 0.25) is 10.0 Å². The van der Waals surface area contributed by atoms with Crippen LogP contribution in [0.15, 0.2) is 0 Å². The maximum Gasteiger partial charge on any atom is 0.213 e. The zero-order valence-electron chi connectivity index (χ0n) is 7.53. The SMILES string of the molecule is CC(C#N)CNS(=O)(=O)C(C)C. The monoisotopic (exact) mass is 190 g/mol. The molecular weight excluding hydrogens is 176 g/mol. The van der Waals surface area contributed by atoms with Gasteiger partial charge in [0.05, 0.1) is 17.2 Å². The van der Waals surface area contributed by atoms with Crippen molar-refractivity contribution in [1.29, 1.82) is 5.26 Å². The minimum atomic E-state index is -3.20. The van der Waals surface area contributed by atoms with Crippen LogP contribution in [0.5, 0.6) is 0 Å². The van der Waals surface area contributed by atoms with Crippen LogP contribution in [0.2, 0.25) is 0 Å². The van der Waals surface area contributed by atoms with Crippen molar-refractivity contribution < 1.29 is 8.42 Å². The molecule has 0 aliphatic rings. The van der Waals surface area contributed by atoms with Crippen molar-refractivity contribution in [3.05, 3.63) is 0 Å². The third-order valence-corrected chi connectivity index (χ3v) is 3.24. The van der Waals surface area contributed by atoms with Crippen LogP contribution in [0.3, 0.4) is 0 Å². The average molecular weight is 190 g/mol. The lowest BCUT2D eigenvalue weighted by molar-refractivity contribution is 0.564. The van der Waals surface area contributed by atoms with E-state index in [9.17, 15) is 8.42 Å². The summed E-state index contributed by atoms with van der Waals surface area (Å²) in [5, 5.41) is 7.94. The molecule has 0 spiro atoms. The fourth-order valence-corrected chi connectivity index (χ4v) is 1.27. The van der Waals surface area contributed by atoms with Gasteiger partial charge in [-0.25, -0.2) is 13.1 Å². The van der Waals surface area contributed by atoms with Crippen molar-refractivity contribution in [2.45, 2.75) is 26.0 Å². The number of nitrogens with one attached hydrogen (secondary N) is 1. The average Bonchev–Trinajstić information content (AvgIpc) is 2.00. The van der Waals surface area contributed by atoms with Gasteiger partial charge in [-0.05, 0) is 20.8 Å². The van der Waals surface area contributed by atoms with Crippen LogP contribution in [0.4, 0.5) is 0 Å². The van der Waals surface area contributed by atoms with Gasteiger partial charge in [0, 0.05) is 6.54 Å². The summed E-state index contributed by atoms with van der Waals surface area (Å²) in [6, 6.07) is 1.95. The molecule has 0 aliphatic heterocycles. The Morgan fingerprint density at radius 1 is 1.42 bits per heavy atom. The first-order valence-corrected chi connectivity index (χ1v) is 5.33. The van der Waals surface area contributed by atoms with Crippen LogP contribution in [0.1, 0.15) is 20.8 Å². The molecule has 0 rings (SSSR count). The zero-order chi connectivity index (χ0) is 9.78. The summed E-state index contributed by atoms with van der Waals surface area (Å²) in [4.78, 5) is 0. The smallest absolute Gasteiger partial charge is 0.213 e. The number of nitrogens with zero attached hydrogens (tertiary/aromatic N) is 1. The molecule has 0 aromatic carbocycles. The van der Waals surface area contributed by atoms with E-state index in [1.54, 1.807) is 20.8 Å². The highest BCUT2D eigenvalue weighted by Crippen LogP contribution is 1.97. The van der Waals surface area contributed by atoms with Crippen LogP contribution < -0.4 is 4.72 Å². The van der Waals surface area contributed by atoms with Crippen LogP contribution in [0, 0.1) is 17.2 Å². The van der Waals surface area contributed by atoms with E-state index in [0.717, 1.165) is 0 Å². The van der Waals surface area contributed by atoms with Gasteiger partial charge < -0.3 is 0 Å². The molecule has 0 fully saturated rings. The molecule has 70 valence electrons. The molecule has 0 radical (unpaired) electrons. The zero-order valence-corrected chi connectivity index (χ0v) is 8.35. The van der Waals surface area contributed by atoms with E-state index >= 15 is 0 Å². The van der Waals surface area contributed by atoms with Gasteiger partial charge >= 0.3 is 0 Å². The summed E-state index contributed by atoms with van der Waals surface area (Å²) < 4.78 is 24.6. The highest BCUT2D eigenvalue weighted by Gasteiger charge is 2.15. The van der Waals surface area contributed by atoms with Gasteiger partial charge in [-0.3, -0.25) is 0 Å². The molecule has 0 bridgehead atoms. The molecule has 1 N–H and O–H groups in total. The van der Waals surface area contributed by atoms with E-state index in [4.69, 9.17) is 5.26 Å². The summed E-state index contributed by atoms with van der Waals surface area (Å²) in [6.07, 6.45) is 0. The maximum atomic E-state index is 11.1. The molecule has 0 amide bonds. The van der Waals surface area contributed by atoms with Crippen LogP contribution in [-0.4, -0.2) is 20.2 Å². The highest BCUT2D eigenvalue weighted by atomic mass is 32.2. The van der Waals surface area contributed by atoms with Crippen molar-refractivity contribution in [1.82, 2.24) is 4.72 Å². The van der Waals surface area contributed by atoms with Crippen LogP contribution in [-0.2, 0) is 10.0 Å². The number of sulfonamides is 1. The third kappa shape index (κ3) is 3.69. The second kappa shape index (κ2) is 4.43. The fourth-order valence-electron chi connectivity index (χ4n) is 0.453. The summed E-state index contributed by atoms with van der Waals surface area (Å²) >= 11 is 0. The van der Waals surface area contributed by atoms with Gasteiger partial charge in [-0.2, -0.15) is 5.26 Å². The van der Waals surface area contributed by atoms with Crippen molar-refractivity contribution >= 4 is 10.0 Å². The van der Waals surface area contributed by atoms with Gasteiger partial charge in [-0.15, -0.1) is 0 Å². The molecule has 0 heterocycles. The first kappa shape index (κ1) is 11.4. The molecule has 1 atom stereocenters. The number of hydrogen-bond acceptors (Lipinski definition) is 3. The van der Waals surface area contributed by atoms with Crippen molar-refractivity contribution in [2.24, 2.45) is 5.92 Å². The molecule has 0 aromatic heterocycles. The second-order valence-corrected chi connectivity index (χ2v) is 5.29. The van der Waals surface area contributed by atoms with Crippen LogP contribution >= 0.6 is 0 Å². The lowest BCUT2D eigenvalue weighted by Crippen LogP contribution is -2.33. The van der Waals surface area contributed by atoms with E-state index < -0.39 is 15.3 Å². The van der Waals surface area contributed by atoms with Crippen molar-refractivity contribution in [3.8, 4) is 6.07 Å². The highest BCUT2D eigenvalue weighted by molar-refractivity contribution is 7.90. The maximum absolute atomic E-state index is 11.1. The van der Waals surface area contributed by atoms with Gasteiger partial charge in [0.1, 0.15) is 0 Å². The quantitative estimate of drug-likeness (QED) is 0.700. The second-order valence-electron chi connectivity index (χ2n) is 2.97. The number of rotatable bonds is 4. The van der Waals surface area contributed by atoms with Crippen LogP contribution in [0.25, 0.3) is 0 Å². The minimum Gasteiger partial charge on any atom is -0.214 e. The largest absolute Gasteiger partial charge is 0.214 e. The first-order valence-electron chi connectivity index (χ1n) is 3.78. The topological polar surface area (TPSA) is 70.0 Å². The van der Waals surface area contributed by atoms with Crippen molar-refractivity contribution in [2.75, 3.05) is 6.54 Å². The summed E-state index contributed by atoms with van der Waals surface area (Å²) in [5.74, 6) is -0.279. The summed E-state index contributed by atoms with van der Waals surface area (Å²) in [6.45, 7) is 5.05. The number of nitriles is 1. The van der Waals surface area contributed by atoms with Gasteiger partial charge in [0.15, 0.2) is 0 Å². The van der Waals surface area contributed by atoms with E-state index in [0.29, 0.717) is 0 Å². The standard InChI is InChI=1S/C7H14N2O2S/c1-6(2)12(10,11)9-5-7(3)4-8/h6-7,9H,5H2,1-3H3. The number of hydrogen-bond donors (Lipinski definition) is 1. The molecule has 0 aromatic rings. The lowest BCUT2D eigenvalue weighted by atomic mass is 10.2. The molecule has 0 aliphatic carbocycles.